The van der Waals surface area contributed by atoms with E-state index in [9.17, 15) is 9.59 Å². The first kappa shape index (κ1) is 23.9. The zero-order chi connectivity index (χ0) is 24.6. The molecule has 0 atom stereocenters. The minimum atomic E-state index is -0.408. The topological polar surface area (TPSA) is 133 Å². The molecular weight excluding hydrogens is 452 g/mol. The van der Waals surface area contributed by atoms with Crippen molar-refractivity contribution in [3.63, 3.8) is 0 Å². The van der Waals surface area contributed by atoms with Crippen molar-refractivity contribution >= 4 is 16.8 Å². The molecule has 4 rings (SSSR count). The Hall–Kier alpha value is -4.25. The van der Waals surface area contributed by atoms with Gasteiger partial charge in [-0.15, -0.1) is 0 Å². The van der Waals surface area contributed by atoms with Crippen LogP contribution in [0, 0.1) is 0 Å². The number of carbonyl (C=O) groups excluding carboxylic acids is 1. The average Bonchev–Trinajstić information content (AvgIpc) is 3.31. The van der Waals surface area contributed by atoms with Gasteiger partial charge in [-0.1, -0.05) is 0 Å². The van der Waals surface area contributed by atoms with Gasteiger partial charge in [-0.3, -0.25) is 24.5 Å². The molecule has 0 aliphatic carbocycles. The van der Waals surface area contributed by atoms with Crippen LogP contribution in [0.2, 0.25) is 0 Å². The van der Waals surface area contributed by atoms with Crippen LogP contribution in [0.3, 0.4) is 0 Å². The van der Waals surface area contributed by atoms with Crippen LogP contribution in [0.5, 0.6) is 11.5 Å². The maximum atomic E-state index is 12.2. The van der Waals surface area contributed by atoms with Crippen LogP contribution in [0.25, 0.3) is 22.2 Å². The number of amides is 1. The predicted molar refractivity (Wildman–Crippen MR) is 127 cm³/mol. The SMILES string of the molecule is Cn1cc(-c2ccc(=O)n(CCOc3ccnc4cc(OCCCCC(=O)NO)ccc34)n2)cn1. The van der Waals surface area contributed by atoms with Crippen molar-refractivity contribution in [2.45, 2.75) is 25.8 Å². The van der Waals surface area contributed by atoms with E-state index in [4.69, 9.17) is 14.7 Å². The fourth-order valence-electron chi connectivity index (χ4n) is 3.51. The van der Waals surface area contributed by atoms with Gasteiger partial charge >= 0.3 is 0 Å². The molecule has 4 aromatic rings. The summed E-state index contributed by atoms with van der Waals surface area (Å²) in [6.07, 6.45) is 6.73. The van der Waals surface area contributed by atoms with Gasteiger partial charge in [0.1, 0.15) is 18.1 Å². The number of aryl methyl sites for hydroxylation is 1. The van der Waals surface area contributed by atoms with Crippen molar-refractivity contribution in [3.8, 4) is 22.8 Å². The van der Waals surface area contributed by atoms with E-state index in [1.54, 1.807) is 34.7 Å². The van der Waals surface area contributed by atoms with E-state index in [1.165, 1.54) is 10.7 Å². The number of nitrogens with zero attached hydrogens (tertiary/aromatic N) is 5. The Morgan fingerprint density at radius 2 is 2.00 bits per heavy atom. The highest BCUT2D eigenvalue weighted by molar-refractivity contribution is 5.85. The van der Waals surface area contributed by atoms with E-state index < -0.39 is 5.91 Å². The van der Waals surface area contributed by atoms with E-state index in [0.29, 0.717) is 42.2 Å². The zero-order valence-corrected chi connectivity index (χ0v) is 19.3. The maximum Gasteiger partial charge on any atom is 0.266 e. The van der Waals surface area contributed by atoms with Gasteiger partial charge in [0.25, 0.3) is 5.56 Å². The Morgan fingerprint density at radius 1 is 1.11 bits per heavy atom. The minimum absolute atomic E-state index is 0.209. The van der Waals surface area contributed by atoms with Crippen LogP contribution in [-0.4, -0.2) is 48.9 Å². The second-order valence-electron chi connectivity index (χ2n) is 7.86. The number of rotatable bonds is 11. The average molecular weight is 479 g/mol. The summed E-state index contributed by atoms with van der Waals surface area (Å²) in [4.78, 5) is 27.7. The molecule has 182 valence electrons. The molecule has 0 spiro atoms. The Bertz CT molecular complexity index is 1370. The quantitative estimate of drug-likeness (QED) is 0.191. The van der Waals surface area contributed by atoms with Crippen molar-refractivity contribution < 1.29 is 19.5 Å². The lowest BCUT2D eigenvalue weighted by molar-refractivity contribution is -0.129. The highest BCUT2D eigenvalue weighted by Gasteiger charge is 2.08. The molecule has 2 N–H and O–H groups in total. The van der Waals surface area contributed by atoms with Gasteiger partial charge in [0, 0.05) is 48.9 Å². The fraction of sp³-hybridized carbons (Fsp3) is 0.292. The molecule has 1 aromatic carbocycles. The van der Waals surface area contributed by atoms with Crippen molar-refractivity contribution in [2.24, 2.45) is 7.05 Å². The monoisotopic (exact) mass is 478 g/mol. The van der Waals surface area contributed by atoms with Crippen molar-refractivity contribution in [1.82, 2.24) is 30.0 Å². The third-order valence-electron chi connectivity index (χ3n) is 5.29. The number of carbonyl (C=O) groups is 1. The lowest BCUT2D eigenvalue weighted by atomic mass is 10.2. The molecule has 0 bridgehead atoms. The predicted octanol–water partition coefficient (Wildman–Crippen LogP) is 2.33. The summed E-state index contributed by atoms with van der Waals surface area (Å²) < 4.78 is 14.8. The summed E-state index contributed by atoms with van der Waals surface area (Å²) in [5, 5.41) is 17.9. The molecule has 0 saturated carbocycles. The van der Waals surface area contributed by atoms with Gasteiger partial charge in [-0.05, 0) is 37.1 Å². The van der Waals surface area contributed by atoms with Crippen LogP contribution in [0.4, 0.5) is 0 Å². The summed E-state index contributed by atoms with van der Waals surface area (Å²) in [5.74, 6) is 0.902. The van der Waals surface area contributed by atoms with E-state index in [0.717, 1.165) is 10.9 Å². The van der Waals surface area contributed by atoms with Crippen LogP contribution < -0.4 is 20.5 Å². The molecule has 0 unspecified atom stereocenters. The van der Waals surface area contributed by atoms with Gasteiger partial charge in [0.2, 0.25) is 5.91 Å². The van der Waals surface area contributed by atoms with Crippen LogP contribution in [0.15, 0.2) is 59.8 Å². The standard InChI is InChI=1S/C24H26N6O5/c1-29-16-17(15-26-29)20-7-8-24(32)30(27-20)11-13-35-22-9-10-25-21-14-18(5-6-19(21)22)34-12-3-2-4-23(31)28-33/h5-10,14-16,33H,2-4,11-13H2,1H3,(H,28,31). The normalized spacial score (nSPS) is 10.9. The summed E-state index contributed by atoms with van der Waals surface area (Å²) in [6, 6.07) is 10.5. The number of hydrogen-bond acceptors (Lipinski definition) is 8. The molecular formula is C24H26N6O5. The first-order valence-electron chi connectivity index (χ1n) is 11.2. The fourth-order valence-corrected chi connectivity index (χ4v) is 3.51. The smallest absolute Gasteiger partial charge is 0.266 e. The van der Waals surface area contributed by atoms with E-state index in [1.807, 2.05) is 31.4 Å². The number of aromatic nitrogens is 5. The van der Waals surface area contributed by atoms with Crippen LogP contribution in [0.1, 0.15) is 19.3 Å². The number of nitrogens with one attached hydrogen (secondary N) is 1. The van der Waals surface area contributed by atoms with Crippen LogP contribution >= 0.6 is 0 Å². The molecule has 11 nitrogen and oxygen atoms in total. The third-order valence-corrected chi connectivity index (χ3v) is 5.29. The van der Waals surface area contributed by atoms with Gasteiger partial charge in [0.05, 0.1) is 30.6 Å². The van der Waals surface area contributed by atoms with Crippen molar-refractivity contribution in [3.05, 3.63) is 65.3 Å². The highest BCUT2D eigenvalue weighted by Crippen LogP contribution is 2.27. The molecule has 0 saturated heterocycles. The number of ether oxygens (including phenoxy) is 2. The molecule has 0 aliphatic heterocycles. The molecule has 1 amide bonds. The minimum Gasteiger partial charge on any atom is -0.494 e. The summed E-state index contributed by atoms with van der Waals surface area (Å²) in [7, 11) is 1.82. The van der Waals surface area contributed by atoms with E-state index >= 15 is 0 Å². The van der Waals surface area contributed by atoms with Gasteiger partial charge in [-0.2, -0.15) is 10.2 Å². The van der Waals surface area contributed by atoms with Gasteiger partial charge < -0.3 is 9.47 Å². The number of hydroxylamine groups is 1. The Morgan fingerprint density at radius 3 is 2.80 bits per heavy atom. The maximum absolute atomic E-state index is 12.2. The Balaban J connectivity index is 1.36. The summed E-state index contributed by atoms with van der Waals surface area (Å²) in [5.41, 5.74) is 3.61. The first-order chi connectivity index (χ1) is 17.0. The largest absolute Gasteiger partial charge is 0.494 e. The molecule has 0 radical (unpaired) electrons. The molecule has 0 fully saturated rings. The second-order valence-corrected chi connectivity index (χ2v) is 7.86. The molecule has 3 heterocycles. The zero-order valence-electron chi connectivity index (χ0n) is 19.3. The molecule has 0 aliphatic rings. The first-order valence-corrected chi connectivity index (χ1v) is 11.2. The van der Waals surface area contributed by atoms with Crippen molar-refractivity contribution in [2.75, 3.05) is 13.2 Å². The van der Waals surface area contributed by atoms with Gasteiger partial charge in [0.15, 0.2) is 0 Å². The van der Waals surface area contributed by atoms with Crippen LogP contribution in [-0.2, 0) is 18.4 Å². The number of fused-ring (bicyclic) bond motifs is 1. The summed E-state index contributed by atoms with van der Waals surface area (Å²) >= 11 is 0. The Labute approximate surface area is 200 Å². The summed E-state index contributed by atoms with van der Waals surface area (Å²) in [6.45, 7) is 0.981. The molecule has 3 aromatic heterocycles. The number of unbranched alkanes of at least 4 members (excludes halogenated alkanes) is 1. The van der Waals surface area contributed by atoms with Crippen molar-refractivity contribution in [1.29, 1.82) is 0 Å². The number of hydrogen-bond donors (Lipinski definition) is 2. The lowest BCUT2D eigenvalue weighted by Crippen LogP contribution is -2.25. The highest BCUT2D eigenvalue weighted by atomic mass is 16.5. The van der Waals surface area contributed by atoms with E-state index in [2.05, 4.69) is 15.2 Å². The van der Waals surface area contributed by atoms with Gasteiger partial charge in [-0.25, -0.2) is 10.2 Å². The second kappa shape index (κ2) is 11.3. The number of benzene rings is 1. The lowest BCUT2D eigenvalue weighted by Gasteiger charge is -2.11. The molecule has 35 heavy (non-hydrogen) atoms. The third kappa shape index (κ3) is 6.21. The van der Waals surface area contributed by atoms with E-state index in [-0.39, 0.29) is 25.1 Å². The molecule has 11 heteroatoms. The number of pyridine rings is 1. The Kier molecular flexibility index (Phi) is 7.68.